The van der Waals surface area contributed by atoms with E-state index in [1.807, 2.05) is 43.0 Å². The lowest BCUT2D eigenvalue weighted by Gasteiger charge is -2.34. The minimum absolute atomic E-state index is 0.0668. The molecule has 0 saturated heterocycles. The fourth-order valence-electron chi connectivity index (χ4n) is 3.57. The summed E-state index contributed by atoms with van der Waals surface area (Å²) in [4.78, 5) is 26.1. The van der Waals surface area contributed by atoms with Gasteiger partial charge in [0, 0.05) is 12.5 Å². The molecule has 1 N–H and O–H groups in total. The van der Waals surface area contributed by atoms with Gasteiger partial charge in [-0.1, -0.05) is 18.6 Å². The van der Waals surface area contributed by atoms with Crippen LogP contribution in [0, 0.1) is 11.8 Å². The number of carboxylic acids is 1. The number of aliphatic carboxylic acids is 1. The predicted molar refractivity (Wildman–Crippen MR) is 91.9 cm³/mol. The molecule has 1 saturated carbocycles. The van der Waals surface area contributed by atoms with E-state index in [0.29, 0.717) is 19.4 Å². The van der Waals surface area contributed by atoms with Gasteiger partial charge in [-0.2, -0.15) is 0 Å². The highest BCUT2D eigenvalue weighted by molar-refractivity contribution is 5.80. The Hall–Kier alpha value is -2.04. The average molecular weight is 333 g/mol. The Labute approximate surface area is 143 Å². The Kier molecular flexibility index (Phi) is 6.23. The molecular formula is C19H27NO4. The Morgan fingerprint density at radius 2 is 2.04 bits per heavy atom. The van der Waals surface area contributed by atoms with Gasteiger partial charge < -0.3 is 14.7 Å². The molecule has 3 unspecified atom stereocenters. The molecule has 1 aliphatic rings. The summed E-state index contributed by atoms with van der Waals surface area (Å²) in [7, 11) is 1.63. The quantitative estimate of drug-likeness (QED) is 0.865. The van der Waals surface area contributed by atoms with E-state index in [1.54, 1.807) is 7.11 Å². The second-order valence-corrected chi connectivity index (χ2v) is 6.48. The van der Waals surface area contributed by atoms with E-state index in [1.165, 1.54) is 0 Å². The van der Waals surface area contributed by atoms with Gasteiger partial charge in [0.25, 0.3) is 0 Å². The Morgan fingerprint density at radius 3 is 2.67 bits per heavy atom. The second-order valence-electron chi connectivity index (χ2n) is 6.48. The molecule has 3 atom stereocenters. The first kappa shape index (κ1) is 18.3. The van der Waals surface area contributed by atoms with Crippen LogP contribution in [-0.4, -0.2) is 35.5 Å². The van der Waals surface area contributed by atoms with Gasteiger partial charge in [-0.25, -0.2) is 0 Å². The largest absolute Gasteiger partial charge is 0.497 e. The highest BCUT2D eigenvalue weighted by atomic mass is 16.5. The number of carbonyl (C=O) groups is 2. The molecule has 24 heavy (non-hydrogen) atoms. The summed E-state index contributed by atoms with van der Waals surface area (Å²) < 4.78 is 5.27. The van der Waals surface area contributed by atoms with Crippen LogP contribution in [0.3, 0.4) is 0 Å². The predicted octanol–water partition coefficient (Wildman–Crippen LogP) is 3.50. The molecule has 0 aliphatic heterocycles. The summed E-state index contributed by atoms with van der Waals surface area (Å²) in [6.45, 7) is 4.57. The van der Waals surface area contributed by atoms with Gasteiger partial charge in [0.1, 0.15) is 5.75 Å². The third-order valence-corrected chi connectivity index (χ3v) is 5.04. The fourth-order valence-corrected chi connectivity index (χ4v) is 3.57. The third-order valence-electron chi connectivity index (χ3n) is 5.04. The standard InChI is InChI=1S/C19H27NO4/c1-4-20(13(2)14-7-6-10-17(12-14)24-3)18(21)15-8-5-9-16(11-15)19(22)23/h6-7,10,12-13,15-16H,4-5,8-9,11H2,1-3H3,(H,22,23). The van der Waals surface area contributed by atoms with Crippen molar-refractivity contribution in [3.63, 3.8) is 0 Å². The van der Waals surface area contributed by atoms with Crippen LogP contribution < -0.4 is 4.74 Å². The smallest absolute Gasteiger partial charge is 0.306 e. The first-order valence-corrected chi connectivity index (χ1v) is 8.65. The summed E-state index contributed by atoms with van der Waals surface area (Å²) in [5, 5.41) is 9.24. The first-order valence-electron chi connectivity index (χ1n) is 8.65. The van der Waals surface area contributed by atoms with Gasteiger partial charge in [0.2, 0.25) is 5.91 Å². The number of hydrogen-bond donors (Lipinski definition) is 1. The summed E-state index contributed by atoms with van der Waals surface area (Å²) in [5.74, 6) is -0.520. The summed E-state index contributed by atoms with van der Waals surface area (Å²) in [5.41, 5.74) is 1.02. The Balaban J connectivity index is 2.14. The molecule has 1 fully saturated rings. The maximum absolute atomic E-state index is 13.0. The van der Waals surface area contributed by atoms with Crippen molar-refractivity contribution in [1.82, 2.24) is 4.90 Å². The van der Waals surface area contributed by atoms with Gasteiger partial charge in [0.15, 0.2) is 0 Å². The molecule has 5 heteroatoms. The highest BCUT2D eigenvalue weighted by Crippen LogP contribution is 2.33. The second kappa shape index (κ2) is 8.18. The Bertz CT molecular complexity index is 586. The zero-order chi connectivity index (χ0) is 17.7. The SMILES string of the molecule is CCN(C(=O)C1CCCC(C(=O)O)C1)C(C)c1cccc(OC)c1. The molecule has 1 aliphatic carbocycles. The maximum Gasteiger partial charge on any atom is 0.306 e. The molecule has 1 amide bonds. The van der Waals surface area contributed by atoms with Crippen LogP contribution in [0.5, 0.6) is 5.75 Å². The molecule has 0 aromatic heterocycles. The maximum atomic E-state index is 13.0. The van der Waals surface area contributed by atoms with Crippen molar-refractivity contribution in [2.24, 2.45) is 11.8 Å². The van der Waals surface area contributed by atoms with Gasteiger partial charge in [-0.3, -0.25) is 9.59 Å². The zero-order valence-electron chi connectivity index (χ0n) is 14.7. The van der Waals surface area contributed by atoms with Gasteiger partial charge in [-0.05, 0) is 50.8 Å². The van der Waals surface area contributed by atoms with Crippen molar-refractivity contribution >= 4 is 11.9 Å². The van der Waals surface area contributed by atoms with E-state index in [4.69, 9.17) is 4.74 Å². The van der Waals surface area contributed by atoms with Crippen LogP contribution in [-0.2, 0) is 9.59 Å². The zero-order valence-corrected chi connectivity index (χ0v) is 14.7. The molecule has 0 radical (unpaired) electrons. The van der Waals surface area contributed by atoms with E-state index >= 15 is 0 Å². The molecule has 0 heterocycles. The van der Waals surface area contributed by atoms with Crippen molar-refractivity contribution < 1.29 is 19.4 Å². The molecule has 0 bridgehead atoms. The van der Waals surface area contributed by atoms with Crippen molar-refractivity contribution in [1.29, 1.82) is 0 Å². The fraction of sp³-hybridized carbons (Fsp3) is 0.579. The monoisotopic (exact) mass is 333 g/mol. The van der Waals surface area contributed by atoms with Gasteiger partial charge in [-0.15, -0.1) is 0 Å². The minimum Gasteiger partial charge on any atom is -0.497 e. The third kappa shape index (κ3) is 4.08. The van der Waals surface area contributed by atoms with Gasteiger partial charge in [0.05, 0.1) is 19.1 Å². The number of carbonyl (C=O) groups excluding carboxylic acids is 1. The molecular weight excluding hydrogens is 306 g/mol. The molecule has 0 spiro atoms. The molecule has 5 nitrogen and oxygen atoms in total. The summed E-state index contributed by atoms with van der Waals surface area (Å²) in [6.07, 6.45) is 2.72. The number of amides is 1. The number of hydrogen-bond acceptors (Lipinski definition) is 3. The molecule has 2 rings (SSSR count). The normalized spacial score (nSPS) is 21.8. The van der Waals surface area contributed by atoms with Crippen LogP contribution in [0.25, 0.3) is 0 Å². The van der Waals surface area contributed by atoms with E-state index in [0.717, 1.165) is 24.2 Å². The van der Waals surface area contributed by atoms with Crippen LogP contribution >= 0.6 is 0 Å². The van der Waals surface area contributed by atoms with E-state index in [9.17, 15) is 14.7 Å². The molecule has 1 aromatic carbocycles. The average Bonchev–Trinajstić information content (AvgIpc) is 2.62. The van der Waals surface area contributed by atoms with Crippen molar-refractivity contribution in [3.05, 3.63) is 29.8 Å². The van der Waals surface area contributed by atoms with Crippen LogP contribution in [0.2, 0.25) is 0 Å². The van der Waals surface area contributed by atoms with Crippen molar-refractivity contribution in [2.45, 2.75) is 45.6 Å². The molecule has 132 valence electrons. The van der Waals surface area contributed by atoms with E-state index in [2.05, 4.69) is 0 Å². The van der Waals surface area contributed by atoms with Gasteiger partial charge >= 0.3 is 5.97 Å². The summed E-state index contributed by atoms with van der Waals surface area (Å²) >= 11 is 0. The topological polar surface area (TPSA) is 66.8 Å². The highest BCUT2D eigenvalue weighted by Gasteiger charge is 2.34. The van der Waals surface area contributed by atoms with Crippen molar-refractivity contribution in [3.8, 4) is 5.75 Å². The van der Waals surface area contributed by atoms with Crippen molar-refractivity contribution in [2.75, 3.05) is 13.7 Å². The number of nitrogens with zero attached hydrogens (tertiary/aromatic N) is 1. The lowest BCUT2D eigenvalue weighted by atomic mass is 9.80. The lowest BCUT2D eigenvalue weighted by molar-refractivity contribution is -0.146. The minimum atomic E-state index is -0.781. The van der Waals surface area contributed by atoms with Crippen LogP contribution in [0.4, 0.5) is 0 Å². The summed E-state index contributed by atoms with van der Waals surface area (Å²) in [6, 6.07) is 7.67. The van der Waals surface area contributed by atoms with E-state index < -0.39 is 11.9 Å². The molecule has 1 aromatic rings. The number of methoxy groups -OCH3 is 1. The lowest BCUT2D eigenvalue weighted by Crippen LogP contribution is -2.40. The van der Waals surface area contributed by atoms with E-state index in [-0.39, 0.29) is 17.9 Å². The first-order chi connectivity index (χ1) is 11.5. The number of rotatable bonds is 6. The number of carboxylic acid groups (broad SMARTS) is 1. The number of ether oxygens (including phenoxy) is 1. The van der Waals surface area contributed by atoms with Crippen LogP contribution in [0.15, 0.2) is 24.3 Å². The van der Waals surface area contributed by atoms with Crippen LogP contribution in [0.1, 0.15) is 51.1 Å². The number of benzene rings is 1. The Morgan fingerprint density at radius 1 is 1.33 bits per heavy atom.